The predicted octanol–water partition coefficient (Wildman–Crippen LogP) is 2.43. The highest BCUT2D eigenvalue weighted by atomic mass is 15.4. The quantitative estimate of drug-likeness (QED) is 0.516. The molecule has 0 atom stereocenters. The van der Waals surface area contributed by atoms with Gasteiger partial charge in [-0.1, -0.05) is 0 Å². The van der Waals surface area contributed by atoms with Crippen molar-refractivity contribution in [2.24, 2.45) is 4.99 Å². The molecule has 0 aromatic carbocycles. The van der Waals surface area contributed by atoms with Crippen molar-refractivity contribution in [2.45, 2.75) is 47.6 Å². The van der Waals surface area contributed by atoms with Crippen LogP contribution in [0.1, 0.15) is 41.5 Å². The first-order valence-electron chi connectivity index (χ1n) is 6.18. The predicted molar refractivity (Wildman–Crippen MR) is 68.4 cm³/mol. The van der Waals surface area contributed by atoms with Gasteiger partial charge in [0.2, 0.25) is 0 Å². The molecule has 0 bridgehead atoms. The van der Waals surface area contributed by atoms with E-state index in [1.165, 1.54) is 0 Å². The number of nitrogens with zero attached hydrogens (tertiary/aromatic N) is 3. The van der Waals surface area contributed by atoms with Crippen LogP contribution < -0.4 is 0 Å². The standard InChI is InChI=1S/C12H27N3/c1-7-14(8-2)12(13-11(5)6)15(9-3)10-4/h11H,7-10H2,1-6H3. The third kappa shape index (κ3) is 4.54. The molecule has 0 saturated heterocycles. The summed E-state index contributed by atoms with van der Waals surface area (Å²) in [7, 11) is 0. The van der Waals surface area contributed by atoms with Gasteiger partial charge in [-0.2, -0.15) is 0 Å². The van der Waals surface area contributed by atoms with E-state index in [-0.39, 0.29) is 0 Å². The van der Waals surface area contributed by atoms with Gasteiger partial charge in [0.25, 0.3) is 0 Å². The van der Waals surface area contributed by atoms with Crippen LogP contribution in [0.25, 0.3) is 0 Å². The van der Waals surface area contributed by atoms with Gasteiger partial charge in [0.15, 0.2) is 5.96 Å². The van der Waals surface area contributed by atoms with E-state index >= 15 is 0 Å². The SMILES string of the molecule is CCN(CC)C(=NC(C)C)N(CC)CC. The van der Waals surface area contributed by atoms with Gasteiger partial charge in [0.1, 0.15) is 0 Å². The highest BCUT2D eigenvalue weighted by Crippen LogP contribution is 2.02. The first-order valence-corrected chi connectivity index (χ1v) is 6.18. The minimum Gasteiger partial charge on any atom is -0.343 e. The molecule has 0 fully saturated rings. The van der Waals surface area contributed by atoms with Crippen LogP contribution in [-0.2, 0) is 0 Å². The molecule has 0 amide bonds. The van der Waals surface area contributed by atoms with Crippen molar-refractivity contribution in [1.82, 2.24) is 9.80 Å². The summed E-state index contributed by atoms with van der Waals surface area (Å²) in [6.45, 7) is 17.1. The number of guanidine groups is 1. The molecule has 0 heterocycles. The summed E-state index contributed by atoms with van der Waals surface area (Å²) in [6, 6.07) is 0.362. The van der Waals surface area contributed by atoms with Crippen LogP contribution in [-0.4, -0.2) is 48.0 Å². The second-order valence-corrected chi connectivity index (χ2v) is 3.87. The Morgan fingerprint density at radius 3 is 1.40 bits per heavy atom. The van der Waals surface area contributed by atoms with Gasteiger partial charge in [-0.15, -0.1) is 0 Å². The van der Waals surface area contributed by atoms with Crippen molar-refractivity contribution in [3.8, 4) is 0 Å². The summed E-state index contributed by atoms with van der Waals surface area (Å²) in [4.78, 5) is 9.38. The third-order valence-electron chi connectivity index (χ3n) is 2.47. The van der Waals surface area contributed by atoms with Crippen molar-refractivity contribution in [3.05, 3.63) is 0 Å². The van der Waals surface area contributed by atoms with Gasteiger partial charge >= 0.3 is 0 Å². The molecule has 3 nitrogen and oxygen atoms in total. The topological polar surface area (TPSA) is 18.8 Å². The molecule has 15 heavy (non-hydrogen) atoms. The fraction of sp³-hybridized carbons (Fsp3) is 0.917. The molecular formula is C12H27N3. The van der Waals surface area contributed by atoms with Crippen molar-refractivity contribution in [1.29, 1.82) is 0 Å². The van der Waals surface area contributed by atoms with Gasteiger partial charge in [-0.3, -0.25) is 4.99 Å². The lowest BCUT2D eigenvalue weighted by Crippen LogP contribution is -2.44. The number of aliphatic imine (C=N–C) groups is 1. The highest BCUT2D eigenvalue weighted by molar-refractivity contribution is 5.80. The van der Waals surface area contributed by atoms with Crippen LogP contribution in [0.4, 0.5) is 0 Å². The summed E-state index contributed by atoms with van der Waals surface area (Å²) in [5.74, 6) is 1.15. The molecule has 0 aromatic rings. The van der Waals surface area contributed by atoms with Gasteiger partial charge in [0, 0.05) is 32.2 Å². The molecule has 0 unspecified atom stereocenters. The Kier molecular flexibility index (Phi) is 7.18. The lowest BCUT2D eigenvalue weighted by atomic mass is 10.4. The number of hydrogen-bond donors (Lipinski definition) is 0. The second-order valence-electron chi connectivity index (χ2n) is 3.87. The summed E-state index contributed by atoms with van der Waals surface area (Å²) in [6.07, 6.45) is 0. The average molecular weight is 213 g/mol. The van der Waals surface area contributed by atoms with E-state index in [9.17, 15) is 0 Å². The minimum atomic E-state index is 0.362. The maximum absolute atomic E-state index is 4.73. The zero-order valence-electron chi connectivity index (χ0n) is 11.2. The van der Waals surface area contributed by atoms with Crippen molar-refractivity contribution in [3.63, 3.8) is 0 Å². The smallest absolute Gasteiger partial charge is 0.196 e. The van der Waals surface area contributed by atoms with Crippen molar-refractivity contribution in [2.75, 3.05) is 26.2 Å². The summed E-state index contributed by atoms with van der Waals surface area (Å²) < 4.78 is 0. The fourth-order valence-electron chi connectivity index (χ4n) is 1.61. The monoisotopic (exact) mass is 213 g/mol. The minimum absolute atomic E-state index is 0.362. The van der Waals surface area contributed by atoms with E-state index in [2.05, 4.69) is 51.3 Å². The van der Waals surface area contributed by atoms with E-state index < -0.39 is 0 Å². The molecule has 0 aliphatic heterocycles. The van der Waals surface area contributed by atoms with Crippen molar-refractivity contribution >= 4 is 5.96 Å². The fourth-order valence-corrected chi connectivity index (χ4v) is 1.61. The summed E-state index contributed by atoms with van der Waals surface area (Å²) in [5, 5.41) is 0. The molecule has 0 aliphatic rings. The third-order valence-corrected chi connectivity index (χ3v) is 2.47. The zero-order valence-corrected chi connectivity index (χ0v) is 11.2. The van der Waals surface area contributed by atoms with Gasteiger partial charge in [0.05, 0.1) is 0 Å². The van der Waals surface area contributed by atoms with E-state index in [0.29, 0.717) is 6.04 Å². The Balaban J connectivity index is 4.85. The molecule has 90 valence electrons. The number of rotatable bonds is 5. The molecule has 0 radical (unpaired) electrons. The van der Waals surface area contributed by atoms with Crippen molar-refractivity contribution < 1.29 is 0 Å². The molecule has 0 N–H and O–H groups in total. The first-order chi connectivity index (χ1) is 7.10. The molecule has 0 spiro atoms. The van der Waals surface area contributed by atoms with E-state index in [1.54, 1.807) is 0 Å². The van der Waals surface area contributed by atoms with Crippen LogP contribution in [0, 0.1) is 0 Å². The molecule has 3 heteroatoms. The summed E-state index contributed by atoms with van der Waals surface area (Å²) in [5.41, 5.74) is 0. The molecule has 0 saturated carbocycles. The lowest BCUT2D eigenvalue weighted by Gasteiger charge is -2.32. The molecule has 0 aliphatic carbocycles. The van der Waals surface area contributed by atoms with Crippen LogP contribution in [0.3, 0.4) is 0 Å². The van der Waals surface area contributed by atoms with Crippen LogP contribution >= 0.6 is 0 Å². The second kappa shape index (κ2) is 7.55. The zero-order chi connectivity index (χ0) is 11.8. The molecule has 0 rings (SSSR count). The average Bonchev–Trinajstić information content (AvgIpc) is 2.20. The lowest BCUT2D eigenvalue weighted by molar-refractivity contribution is 0.347. The Bertz CT molecular complexity index is 165. The Morgan fingerprint density at radius 2 is 1.20 bits per heavy atom. The Hall–Kier alpha value is -0.730. The molecular weight excluding hydrogens is 186 g/mol. The number of hydrogen-bond acceptors (Lipinski definition) is 1. The van der Waals surface area contributed by atoms with Gasteiger partial charge in [-0.25, -0.2) is 0 Å². The van der Waals surface area contributed by atoms with Crippen LogP contribution in [0.15, 0.2) is 4.99 Å². The van der Waals surface area contributed by atoms with Crippen LogP contribution in [0.5, 0.6) is 0 Å². The maximum atomic E-state index is 4.73. The Morgan fingerprint density at radius 1 is 0.867 bits per heavy atom. The summed E-state index contributed by atoms with van der Waals surface area (Å²) >= 11 is 0. The first kappa shape index (κ1) is 14.3. The normalized spacial score (nSPS) is 10.3. The van der Waals surface area contributed by atoms with E-state index in [4.69, 9.17) is 4.99 Å². The van der Waals surface area contributed by atoms with E-state index in [0.717, 1.165) is 32.1 Å². The highest BCUT2D eigenvalue weighted by Gasteiger charge is 2.13. The maximum Gasteiger partial charge on any atom is 0.196 e. The largest absolute Gasteiger partial charge is 0.343 e. The van der Waals surface area contributed by atoms with Crippen LogP contribution in [0.2, 0.25) is 0 Å². The Labute approximate surface area is 95.2 Å². The molecule has 0 aromatic heterocycles. The van der Waals surface area contributed by atoms with Gasteiger partial charge < -0.3 is 9.80 Å². The van der Waals surface area contributed by atoms with E-state index in [1.807, 2.05) is 0 Å². The van der Waals surface area contributed by atoms with Gasteiger partial charge in [-0.05, 0) is 41.5 Å².